The second-order valence-electron chi connectivity index (χ2n) is 8.54. The zero-order valence-corrected chi connectivity index (χ0v) is 17.8. The maximum Gasteiger partial charge on any atom is 0.135 e. The van der Waals surface area contributed by atoms with E-state index in [1.165, 1.54) is 41.5 Å². The van der Waals surface area contributed by atoms with E-state index in [1.807, 2.05) is 0 Å². The second-order valence-corrected chi connectivity index (χ2v) is 8.54. The molecule has 0 bridgehead atoms. The van der Waals surface area contributed by atoms with Crippen molar-refractivity contribution in [2.75, 3.05) is 0 Å². The van der Waals surface area contributed by atoms with Gasteiger partial charge in [0.15, 0.2) is 0 Å². The maximum atomic E-state index is 12.4. The number of hydrogen-bond acceptors (Lipinski definition) is 1. The molecule has 0 heterocycles. The highest BCUT2D eigenvalue weighted by Gasteiger charge is 2.26. The fourth-order valence-electron chi connectivity index (χ4n) is 4.60. The molecule has 0 radical (unpaired) electrons. The minimum atomic E-state index is 0.328. The molecule has 1 heteroatoms. The van der Waals surface area contributed by atoms with Crippen molar-refractivity contribution in [1.29, 1.82) is 0 Å². The van der Waals surface area contributed by atoms with Gasteiger partial charge >= 0.3 is 0 Å². The fourth-order valence-corrected chi connectivity index (χ4v) is 4.60. The second kappa shape index (κ2) is 10.6. The molecule has 28 heavy (non-hydrogen) atoms. The molecule has 2 aromatic rings. The molecule has 1 fully saturated rings. The Bertz CT molecular complexity index is 718. The number of unbranched alkanes of at least 4 members (excludes halogenated alkanes) is 2. The van der Waals surface area contributed by atoms with Crippen LogP contribution in [0.3, 0.4) is 0 Å². The Morgan fingerprint density at radius 2 is 1.39 bits per heavy atom. The predicted octanol–water partition coefficient (Wildman–Crippen LogP) is 7.73. The van der Waals surface area contributed by atoms with Crippen molar-refractivity contribution in [3.8, 4) is 11.1 Å². The third-order valence-electron chi connectivity index (χ3n) is 6.42. The molecule has 1 aliphatic carbocycles. The highest BCUT2D eigenvalue weighted by atomic mass is 16.1. The molecule has 1 aliphatic rings. The summed E-state index contributed by atoms with van der Waals surface area (Å²) < 4.78 is 0. The van der Waals surface area contributed by atoms with Crippen LogP contribution >= 0.6 is 0 Å². The Hall–Kier alpha value is -1.89. The smallest absolute Gasteiger partial charge is 0.135 e. The number of carbonyl (C=O) groups is 1. The summed E-state index contributed by atoms with van der Waals surface area (Å²) in [6.45, 7) is 4.42. The molecule has 0 unspecified atom stereocenters. The summed E-state index contributed by atoms with van der Waals surface area (Å²) in [5, 5.41) is 0. The molecule has 1 nitrogen and oxygen atoms in total. The van der Waals surface area contributed by atoms with Gasteiger partial charge in [0.05, 0.1) is 0 Å². The van der Waals surface area contributed by atoms with Crippen molar-refractivity contribution in [3.63, 3.8) is 0 Å². The van der Waals surface area contributed by atoms with E-state index in [9.17, 15) is 4.79 Å². The monoisotopic (exact) mass is 376 g/mol. The summed E-state index contributed by atoms with van der Waals surface area (Å²) in [6, 6.07) is 18.2. The summed E-state index contributed by atoms with van der Waals surface area (Å²) in [6.07, 6.45) is 11.1. The molecule has 2 aromatic carbocycles. The Labute approximate surface area is 171 Å². The Morgan fingerprint density at radius 1 is 0.786 bits per heavy atom. The number of carbonyl (C=O) groups excluding carboxylic acids is 1. The van der Waals surface area contributed by atoms with E-state index in [-0.39, 0.29) is 0 Å². The van der Waals surface area contributed by atoms with Gasteiger partial charge in [-0.15, -0.1) is 0 Å². The number of hydrogen-bond donors (Lipinski definition) is 0. The number of aryl methyl sites for hydroxylation is 1. The van der Waals surface area contributed by atoms with E-state index < -0.39 is 0 Å². The zero-order valence-electron chi connectivity index (χ0n) is 17.8. The van der Waals surface area contributed by atoms with Crippen LogP contribution in [0.2, 0.25) is 0 Å². The molecule has 0 N–H and O–H groups in total. The zero-order chi connectivity index (χ0) is 19.8. The molecule has 3 rings (SSSR count). The molecule has 150 valence electrons. The third kappa shape index (κ3) is 5.56. The van der Waals surface area contributed by atoms with Gasteiger partial charge in [0.1, 0.15) is 5.78 Å². The summed E-state index contributed by atoms with van der Waals surface area (Å²) in [7, 11) is 0. The van der Waals surface area contributed by atoms with Crippen molar-refractivity contribution in [1.82, 2.24) is 0 Å². The Kier molecular flexibility index (Phi) is 7.89. The number of benzene rings is 2. The van der Waals surface area contributed by atoms with Gasteiger partial charge in [-0.1, -0.05) is 81.6 Å². The van der Waals surface area contributed by atoms with Crippen LogP contribution in [-0.2, 0) is 11.2 Å². The van der Waals surface area contributed by atoms with Gasteiger partial charge in [-0.25, -0.2) is 0 Å². The first-order chi connectivity index (χ1) is 13.7. The van der Waals surface area contributed by atoms with Crippen molar-refractivity contribution >= 4 is 5.78 Å². The quantitative estimate of drug-likeness (QED) is 0.409. The first-order valence-electron chi connectivity index (χ1n) is 11.4. The van der Waals surface area contributed by atoms with Crippen LogP contribution in [0.15, 0.2) is 48.5 Å². The summed E-state index contributed by atoms with van der Waals surface area (Å²) >= 11 is 0. The van der Waals surface area contributed by atoms with Crippen LogP contribution in [0.4, 0.5) is 0 Å². The van der Waals surface area contributed by atoms with E-state index >= 15 is 0 Å². The van der Waals surface area contributed by atoms with Crippen LogP contribution in [0.1, 0.15) is 88.7 Å². The standard InChI is InChI=1S/C27H36O/c1-3-5-6-8-27(28)26-19-17-25(18-20-26)24-15-13-23(14-16-24)22-11-9-21(7-4-2)10-12-22/h9-16,25-26H,3-8,17-20H2,1-2H3. The average molecular weight is 377 g/mol. The van der Waals surface area contributed by atoms with Gasteiger partial charge in [0.25, 0.3) is 0 Å². The molecule has 0 aromatic heterocycles. The summed E-state index contributed by atoms with van der Waals surface area (Å²) in [5.74, 6) is 1.48. The fraction of sp³-hybridized carbons (Fsp3) is 0.519. The van der Waals surface area contributed by atoms with Gasteiger partial charge in [0, 0.05) is 12.3 Å². The Morgan fingerprint density at radius 3 is 1.96 bits per heavy atom. The molecular formula is C27H36O. The number of ketones is 1. The van der Waals surface area contributed by atoms with Crippen LogP contribution in [0, 0.1) is 5.92 Å². The minimum absolute atomic E-state index is 0.328. The first kappa shape index (κ1) is 20.8. The topological polar surface area (TPSA) is 17.1 Å². The largest absolute Gasteiger partial charge is 0.299 e. The summed E-state index contributed by atoms with van der Waals surface area (Å²) in [4.78, 5) is 12.4. The third-order valence-corrected chi connectivity index (χ3v) is 6.42. The first-order valence-corrected chi connectivity index (χ1v) is 11.4. The molecule has 1 saturated carbocycles. The van der Waals surface area contributed by atoms with Crippen LogP contribution in [0.25, 0.3) is 11.1 Å². The van der Waals surface area contributed by atoms with Crippen LogP contribution in [-0.4, -0.2) is 5.78 Å². The van der Waals surface area contributed by atoms with Gasteiger partial charge in [-0.2, -0.15) is 0 Å². The Balaban J connectivity index is 1.54. The minimum Gasteiger partial charge on any atom is -0.299 e. The summed E-state index contributed by atoms with van der Waals surface area (Å²) in [5.41, 5.74) is 5.46. The number of Topliss-reactive ketones (excluding diaryl/α,β-unsaturated/α-hetero) is 1. The lowest BCUT2D eigenvalue weighted by Crippen LogP contribution is -2.21. The molecular weight excluding hydrogens is 340 g/mol. The van der Waals surface area contributed by atoms with E-state index in [2.05, 4.69) is 62.4 Å². The van der Waals surface area contributed by atoms with E-state index in [4.69, 9.17) is 0 Å². The SMILES string of the molecule is CCCCCC(=O)C1CCC(c2ccc(-c3ccc(CCC)cc3)cc2)CC1. The van der Waals surface area contributed by atoms with E-state index in [1.54, 1.807) is 0 Å². The van der Waals surface area contributed by atoms with Crippen LogP contribution in [0.5, 0.6) is 0 Å². The lowest BCUT2D eigenvalue weighted by atomic mass is 9.76. The van der Waals surface area contributed by atoms with Gasteiger partial charge < -0.3 is 0 Å². The highest BCUT2D eigenvalue weighted by Crippen LogP contribution is 2.37. The molecule has 0 amide bonds. The van der Waals surface area contributed by atoms with Crippen molar-refractivity contribution in [3.05, 3.63) is 59.7 Å². The van der Waals surface area contributed by atoms with E-state index in [0.717, 1.165) is 44.9 Å². The van der Waals surface area contributed by atoms with Crippen molar-refractivity contribution in [2.24, 2.45) is 5.92 Å². The molecule has 0 aliphatic heterocycles. The highest BCUT2D eigenvalue weighted by molar-refractivity contribution is 5.81. The van der Waals surface area contributed by atoms with Crippen molar-refractivity contribution in [2.45, 2.75) is 84.0 Å². The maximum absolute atomic E-state index is 12.4. The van der Waals surface area contributed by atoms with Gasteiger partial charge in [-0.3, -0.25) is 4.79 Å². The molecule has 0 saturated heterocycles. The average Bonchev–Trinajstić information content (AvgIpc) is 2.75. The van der Waals surface area contributed by atoms with Gasteiger partial charge in [0.2, 0.25) is 0 Å². The molecule has 0 atom stereocenters. The normalized spacial score (nSPS) is 19.5. The predicted molar refractivity (Wildman–Crippen MR) is 120 cm³/mol. The molecule has 0 spiro atoms. The van der Waals surface area contributed by atoms with Gasteiger partial charge in [-0.05, 0) is 66.7 Å². The van der Waals surface area contributed by atoms with E-state index in [0.29, 0.717) is 17.6 Å². The van der Waals surface area contributed by atoms with Crippen molar-refractivity contribution < 1.29 is 4.79 Å². The lowest BCUT2D eigenvalue weighted by molar-refractivity contribution is -0.124. The van der Waals surface area contributed by atoms with Crippen LogP contribution < -0.4 is 0 Å². The number of rotatable bonds is 9. The lowest BCUT2D eigenvalue weighted by Gasteiger charge is -2.28.